The fraction of sp³-hybridized carbons (Fsp3) is 0.875. The van der Waals surface area contributed by atoms with E-state index in [1.807, 2.05) is 0 Å². The van der Waals surface area contributed by atoms with Gasteiger partial charge in [0.15, 0.2) is 0 Å². The molecular weight excluding hydrogens is 117 g/mol. The van der Waals surface area contributed by atoms with Gasteiger partial charge in [0.2, 0.25) is 0 Å². The van der Waals surface area contributed by atoms with E-state index >= 15 is 0 Å². The molecule has 0 radical (unpaired) electrons. The maximum atomic E-state index is 3.80. The molecule has 0 aliphatic carbocycles. The van der Waals surface area contributed by atoms with Crippen molar-refractivity contribution in [2.24, 2.45) is 0 Å². The summed E-state index contributed by atoms with van der Waals surface area (Å²) in [7, 11) is 2.13. The summed E-state index contributed by atoms with van der Waals surface area (Å²) in [5.41, 5.74) is 0.303. The molecule has 0 amide bonds. The van der Waals surface area contributed by atoms with Crippen molar-refractivity contribution in [2.45, 2.75) is 32.7 Å². The average molecular weight is 135 g/mol. The molecule has 0 N–H and O–H groups in total. The number of nitrogens with zero attached hydrogens (tertiary/aromatic N) is 1. The molecule has 0 rings (SSSR count). The molecule has 0 fully saturated rings. The van der Waals surface area contributed by atoms with Gasteiger partial charge < -0.3 is 11.8 Å². The first-order valence-electron chi connectivity index (χ1n) is 3.49. The van der Waals surface area contributed by atoms with Crippen LogP contribution < -0.4 is 18.9 Å². The summed E-state index contributed by atoms with van der Waals surface area (Å²) in [6.07, 6.45) is 0.994. The molecule has 0 saturated heterocycles. The quantitative estimate of drug-likeness (QED) is 0.345. The maximum Gasteiger partial charge on any atom is 1.00 e. The fourth-order valence-corrected chi connectivity index (χ4v) is 0.573. The predicted octanol–water partition coefficient (Wildman–Crippen LogP) is -1.06. The standard InChI is InChI=1S/C8H18N.Li/c1-6-7-9(5)8(2,3)4;/h1,6-7H2,2-5H3;/q-1;+1. The van der Waals surface area contributed by atoms with Gasteiger partial charge in [-0.15, -0.1) is 0 Å². The van der Waals surface area contributed by atoms with E-state index in [0.29, 0.717) is 5.54 Å². The fourth-order valence-electron chi connectivity index (χ4n) is 0.573. The second kappa shape index (κ2) is 5.24. The van der Waals surface area contributed by atoms with Crippen LogP contribution in [0.2, 0.25) is 0 Å². The molecule has 0 atom stereocenters. The van der Waals surface area contributed by atoms with E-state index in [4.69, 9.17) is 0 Å². The van der Waals surface area contributed by atoms with Gasteiger partial charge in [0.25, 0.3) is 0 Å². The first-order chi connectivity index (χ1) is 3.98. The van der Waals surface area contributed by atoms with Crippen LogP contribution in [0.1, 0.15) is 27.2 Å². The molecule has 0 aromatic heterocycles. The molecule has 0 bridgehead atoms. The average Bonchev–Trinajstić information content (AvgIpc) is 1.64. The minimum Gasteiger partial charge on any atom is -0.342 e. The summed E-state index contributed by atoms with van der Waals surface area (Å²) < 4.78 is 0. The molecule has 2 heteroatoms. The topological polar surface area (TPSA) is 3.24 Å². The Morgan fingerprint density at radius 1 is 1.30 bits per heavy atom. The largest absolute Gasteiger partial charge is 1.00 e. The van der Waals surface area contributed by atoms with Crippen molar-refractivity contribution in [3.8, 4) is 0 Å². The molecule has 0 aromatic rings. The van der Waals surface area contributed by atoms with E-state index < -0.39 is 0 Å². The van der Waals surface area contributed by atoms with E-state index in [2.05, 4.69) is 39.6 Å². The van der Waals surface area contributed by atoms with Crippen molar-refractivity contribution in [2.75, 3.05) is 13.6 Å². The summed E-state index contributed by atoms with van der Waals surface area (Å²) in [5, 5.41) is 0. The van der Waals surface area contributed by atoms with Crippen LogP contribution in [0.15, 0.2) is 0 Å². The number of hydrogen-bond donors (Lipinski definition) is 0. The summed E-state index contributed by atoms with van der Waals surface area (Å²) in [4.78, 5) is 2.31. The van der Waals surface area contributed by atoms with Gasteiger partial charge in [-0.3, -0.25) is 0 Å². The molecule has 0 spiro atoms. The van der Waals surface area contributed by atoms with Crippen molar-refractivity contribution < 1.29 is 18.9 Å². The zero-order valence-corrected chi connectivity index (χ0v) is 8.07. The van der Waals surface area contributed by atoms with Crippen LogP contribution in [0.3, 0.4) is 0 Å². The van der Waals surface area contributed by atoms with Gasteiger partial charge in [0, 0.05) is 5.54 Å². The van der Waals surface area contributed by atoms with E-state index in [1.165, 1.54) is 0 Å². The molecule has 0 heterocycles. The van der Waals surface area contributed by atoms with Crippen molar-refractivity contribution in [3.05, 3.63) is 6.92 Å². The molecule has 0 aromatic carbocycles. The number of rotatable bonds is 2. The van der Waals surface area contributed by atoms with Crippen LogP contribution in [0.25, 0.3) is 0 Å². The van der Waals surface area contributed by atoms with Crippen LogP contribution in [0, 0.1) is 6.92 Å². The summed E-state index contributed by atoms with van der Waals surface area (Å²) in [6, 6.07) is 0. The van der Waals surface area contributed by atoms with Gasteiger partial charge in [-0.1, -0.05) is 0 Å². The molecule has 1 nitrogen and oxygen atoms in total. The molecule has 0 unspecified atom stereocenters. The zero-order valence-electron chi connectivity index (χ0n) is 8.07. The summed E-state index contributed by atoms with van der Waals surface area (Å²) in [5.74, 6) is 0. The predicted molar refractivity (Wildman–Crippen MR) is 42.4 cm³/mol. The molecule has 0 aliphatic rings. The second-order valence-corrected chi connectivity index (χ2v) is 3.45. The monoisotopic (exact) mass is 135 g/mol. The van der Waals surface area contributed by atoms with Gasteiger partial charge in [0.05, 0.1) is 0 Å². The van der Waals surface area contributed by atoms with Gasteiger partial charge >= 0.3 is 18.9 Å². The van der Waals surface area contributed by atoms with E-state index in [1.54, 1.807) is 0 Å². The Morgan fingerprint density at radius 3 is 1.80 bits per heavy atom. The van der Waals surface area contributed by atoms with Crippen LogP contribution in [0.4, 0.5) is 0 Å². The van der Waals surface area contributed by atoms with Gasteiger partial charge in [-0.05, 0) is 34.4 Å². The van der Waals surface area contributed by atoms with Crippen molar-refractivity contribution in [1.82, 2.24) is 4.90 Å². The minimum atomic E-state index is 0. The van der Waals surface area contributed by atoms with E-state index in [0.717, 1.165) is 13.0 Å². The minimum absolute atomic E-state index is 0. The van der Waals surface area contributed by atoms with Crippen molar-refractivity contribution >= 4 is 0 Å². The van der Waals surface area contributed by atoms with Crippen LogP contribution >= 0.6 is 0 Å². The van der Waals surface area contributed by atoms with Gasteiger partial charge in [-0.2, -0.15) is 6.42 Å². The zero-order chi connectivity index (χ0) is 7.49. The van der Waals surface area contributed by atoms with Crippen LogP contribution in [-0.4, -0.2) is 24.0 Å². The SMILES string of the molecule is [CH2-]CCN(C)C(C)(C)C.[Li+]. The third kappa shape index (κ3) is 5.35. The van der Waals surface area contributed by atoms with Crippen molar-refractivity contribution in [3.63, 3.8) is 0 Å². The van der Waals surface area contributed by atoms with Crippen molar-refractivity contribution in [1.29, 1.82) is 0 Å². The smallest absolute Gasteiger partial charge is 0.342 e. The Balaban J connectivity index is 0. The third-order valence-electron chi connectivity index (χ3n) is 1.64. The molecule has 0 aliphatic heterocycles. The summed E-state index contributed by atoms with van der Waals surface area (Å²) in [6.45, 7) is 11.5. The van der Waals surface area contributed by atoms with Crippen LogP contribution in [0.5, 0.6) is 0 Å². The summed E-state index contributed by atoms with van der Waals surface area (Å²) >= 11 is 0. The Kier molecular flexibility index (Phi) is 6.90. The Labute approximate surface area is 77.4 Å². The first-order valence-corrected chi connectivity index (χ1v) is 3.49. The Morgan fingerprint density at radius 2 is 1.70 bits per heavy atom. The van der Waals surface area contributed by atoms with Gasteiger partial charge in [-0.25, -0.2) is 0 Å². The number of hydrogen-bond acceptors (Lipinski definition) is 1. The normalized spacial score (nSPS) is 11.4. The molecule has 56 valence electrons. The first kappa shape index (κ1) is 13.2. The van der Waals surface area contributed by atoms with E-state index in [-0.39, 0.29) is 18.9 Å². The second-order valence-electron chi connectivity index (χ2n) is 3.45. The Hall–Kier alpha value is 0.557. The maximum absolute atomic E-state index is 3.80. The Bertz CT molecular complexity index is 75.8. The third-order valence-corrected chi connectivity index (χ3v) is 1.64. The van der Waals surface area contributed by atoms with E-state index in [9.17, 15) is 0 Å². The molecule has 0 saturated carbocycles. The molecule has 10 heavy (non-hydrogen) atoms. The molecular formula is C8H18LiN. The van der Waals surface area contributed by atoms with Crippen LogP contribution in [-0.2, 0) is 0 Å². The van der Waals surface area contributed by atoms with Gasteiger partial charge in [0.1, 0.15) is 0 Å².